The van der Waals surface area contributed by atoms with Crippen LogP contribution in [-0.4, -0.2) is 42.0 Å². The lowest BCUT2D eigenvalue weighted by atomic mass is 10.2. The summed E-state index contributed by atoms with van der Waals surface area (Å²) in [5.74, 6) is 0.0841. The van der Waals surface area contributed by atoms with Gasteiger partial charge >= 0.3 is 0 Å². The first-order chi connectivity index (χ1) is 10.2. The van der Waals surface area contributed by atoms with Gasteiger partial charge in [-0.15, -0.1) is 36.2 Å². The van der Waals surface area contributed by atoms with E-state index in [4.69, 9.17) is 0 Å². The molecular formula is C16H21Cl2N3OS. The van der Waals surface area contributed by atoms with Crippen LogP contribution in [0.3, 0.4) is 0 Å². The summed E-state index contributed by atoms with van der Waals surface area (Å²) >= 11 is 1.49. The highest BCUT2D eigenvalue weighted by atomic mass is 35.5. The van der Waals surface area contributed by atoms with Crippen molar-refractivity contribution >= 4 is 42.1 Å². The summed E-state index contributed by atoms with van der Waals surface area (Å²) < 4.78 is 0. The maximum atomic E-state index is 12.7. The molecule has 1 aromatic heterocycles. The van der Waals surface area contributed by atoms with Crippen LogP contribution in [0, 0.1) is 6.92 Å². The van der Waals surface area contributed by atoms with Crippen LogP contribution in [-0.2, 0) is 0 Å². The Morgan fingerprint density at radius 2 is 2.00 bits per heavy atom. The molecule has 1 amide bonds. The van der Waals surface area contributed by atoms with Gasteiger partial charge in [0.05, 0.1) is 5.69 Å². The SMILES string of the molecule is Cc1nc(-c2ccccc2)sc1C(=O)N(C)C1CCNC1.Cl.Cl. The zero-order chi connectivity index (χ0) is 14.8. The third-order valence-electron chi connectivity index (χ3n) is 3.91. The van der Waals surface area contributed by atoms with E-state index < -0.39 is 0 Å². The van der Waals surface area contributed by atoms with Crippen molar-refractivity contribution in [1.82, 2.24) is 15.2 Å². The molecule has 1 aliphatic rings. The van der Waals surface area contributed by atoms with E-state index in [0.29, 0.717) is 6.04 Å². The predicted molar refractivity (Wildman–Crippen MR) is 100 cm³/mol. The van der Waals surface area contributed by atoms with Crippen molar-refractivity contribution in [3.05, 3.63) is 40.9 Å². The summed E-state index contributed by atoms with van der Waals surface area (Å²) in [6.07, 6.45) is 1.02. The van der Waals surface area contributed by atoms with Crippen LogP contribution in [0.1, 0.15) is 21.8 Å². The van der Waals surface area contributed by atoms with Gasteiger partial charge in [0.2, 0.25) is 0 Å². The van der Waals surface area contributed by atoms with E-state index in [9.17, 15) is 4.79 Å². The molecule has 126 valence electrons. The Labute approximate surface area is 153 Å². The number of hydrogen-bond donors (Lipinski definition) is 1. The first-order valence-electron chi connectivity index (χ1n) is 7.17. The predicted octanol–water partition coefficient (Wildman–Crippen LogP) is 3.40. The second kappa shape index (κ2) is 8.64. The Morgan fingerprint density at radius 1 is 1.30 bits per heavy atom. The minimum atomic E-state index is 0. The molecule has 0 aliphatic carbocycles. The van der Waals surface area contributed by atoms with Crippen molar-refractivity contribution < 1.29 is 4.79 Å². The number of aromatic nitrogens is 1. The summed E-state index contributed by atoms with van der Waals surface area (Å²) in [6.45, 7) is 3.78. The molecule has 1 aliphatic heterocycles. The molecule has 1 unspecified atom stereocenters. The van der Waals surface area contributed by atoms with E-state index in [0.717, 1.165) is 40.7 Å². The molecule has 1 saturated heterocycles. The fourth-order valence-electron chi connectivity index (χ4n) is 2.60. The van der Waals surface area contributed by atoms with Crippen molar-refractivity contribution in [2.24, 2.45) is 0 Å². The fourth-order valence-corrected chi connectivity index (χ4v) is 3.65. The second-order valence-corrected chi connectivity index (χ2v) is 6.36. The lowest BCUT2D eigenvalue weighted by Crippen LogP contribution is -2.38. The van der Waals surface area contributed by atoms with Gasteiger partial charge in [-0.3, -0.25) is 4.79 Å². The summed E-state index contributed by atoms with van der Waals surface area (Å²) in [4.78, 5) is 19.8. The minimum absolute atomic E-state index is 0. The number of benzene rings is 1. The maximum Gasteiger partial charge on any atom is 0.265 e. The Balaban J connectivity index is 0.00000132. The van der Waals surface area contributed by atoms with E-state index in [1.807, 2.05) is 49.2 Å². The maximum absolute atomic E-state index is 12.7. The third-order valence-corrected chi connectivity index (χ3v) is 5.11. The molecule has 3 rings (SSSR count). The Morgan fingerprint density at radius 3 is 2.61 bits per heavy atom. The molecule has 1 atom stereocenters. The van der Waals surface area contributed by atoms with Gasteiger partial charge in [-0.1, -0.05) is 30.3 Å². The Hall–Kier alpha value is -1.14. The number of amides is 1. The van der Waals surface area contributed by atoms with Crippen LogP contribution >= 0.6 is 36.2 Å². The zero-order valence-electron chi connectivity index (χ0n) is 13.1. The number of halogens is 2. The lowest BCUT2D eigenvalue weighted by molar-refractivity contribution is 0.0747. The van der Waals surface area contributed by atoms with Gasteiger partial charge in [0.25, 0.3) is 5.91 Å². The normalized spacial score (nSPS) is 16.3. The second-order valence-electron chi connectivity index (χ2n) is 5.36. The van der Waals surface area contributed by atoms with E-state index >= 15 is 0 Å². The average molecular weight is 374 g/mol. The van der Waals surface area contributed by atoms with Gasteiger partial charge in [-0.25, -0.2) is 4.98 Å². The molecule has 2 aromatic rings. The van der Waals surface area contributed by atoms with Crippen LogP contribution in [0.15, 0.2) is 30.3 Å². The number of carbonyl (C=O) groups is 1. The van der Waals surface area contributed by atoms with Gasteiger partial charge in [0.1, 0.15) is 9.88 Å². The number of likely N-dealkylation sites (N-methyl/N-ethyl adjacent to an activating group) is 1. The average Bonchev–Trinajstić information content (AvgIpc) is 3.16. The van der Waals surface area contributed by atoms with Crippen molar-refractivity contribution in [3.8, 4) is 10.6 Å². The summed E-state index contributed by atoms with van der Waals surface area (Å²) in [5, 5.41) is 4.21. The minimum Gasteiger partial charge on any atom is -0.337 e. The van der Waals surface area contributed by atoms with E-state index in [-0.39, 0.29) is 30.7 Å². The number of aryl methyl sites for hydroxylation is 1. The molecule has 0 saturated carbocycles. The van der Waals surface area contributed by atoms with Crippen molar-refractivity contribution in [3.63, 3.8) is 0 Å². The van der Waals surface area contributed by atoms with Crippen LogP contribution in [0.5, 0.6) is 0 Å². The standard InChI is InChI=1S/C16H19N3OS.2ClH/c1-11-14(16(20)19(2)13-8-9-17-10-13)21-15(18-11)12-6-4-3-5-7-12;;/h3-7,13,17H,8-10H2,1-2H3;2*1H. The monoisotopic (exact) mass is 373 g/mol. The summed E-state index contributed by atoms with van der Waals surface area (Å²) in [5.41, 5.74) is 1.89. The van der Waals surface area contributed by atoms with Crippen LogP contribution < -0.4 is 5.32 Å². The highest BCUT2D eigenvalue weighted by molar-refractivity contribution is 7.17. The molecule has 23 heavy (non-hydrogen) atoms. The van der Waals surface area contributed by atoms with Crippen LogP contribution in [0.4, 0.5) is 0 Å². The third kappa shape index (κ3) is 4.23. The molecule has 1 fully saturated rings. The molecule has 4 nitrogen and oxygen atoms in total. The summed E-state index contributed by atoms with van der Waals surface area (Å²) in [6, 6.07) is 10.3. The number of hydrogen-bond acceptors (Lipinski definition) is 4. The Bertz CT molecular complexity index is 642. The highest BCUT2D eigenvalue weighted by Gasteiger charge is 2.26. The molecule has 0 spiro atoms. The highest BCUT2D eigenvalue weighted by Crippen LogP contribution is 2.29. The van der Waals surface area contributed by atoms with E-state index in [2.05, 4.69) is 10.3 Å². The largest absolute Gasteiger partial charge is 0.337 e. The molecule has 2 heterocycles. The van der Waals surface area contributed by atoms with Gasteiger partial charge < -0.3 is 10.2 Å². The zero-order valence-corrected chi connectivity index (χ0v) is 15.6. The van der Waals surface area contributed by atoms with E-state index in [1.54, 1.807) is 0 Å². The van der Waals surface area contributed by atoms with Crippen molar-refractivity contribution in [1.29, 1.82) is 0 Å². The number of nitrogens with zero attached hydrogens (tertiary/aromatic N) is 2. The van der Waals surface area contributed by atoms with Gasteiger partial charge in [-0.2, -0.15) is 0 Å². The number of carbonyl (C=O) groups excluding carboxylic acids is 1. The quantitative estimate of drug-likeness (QED) is 0.896. The number of nitrogens with one attached hydrogen (secondary N) is 1. The first-order valence-corrected chi connectivity index (χ1v) is 7.99. The van der Waals surface area contributed by atoms with Crippen LogP contribution in [0.25, 0.3) is 10.6 Å². The van der Waals surface area contributed by atoms with Gasteiger partial charge in [-0.05, 0) is 19.9 Å². The molecule has 1 N–H and O–H groups in total. The van der Waals surface area contributed by atoms with Crippen molar-refractivity contribution in [2.75, 3.05) is 20.1 Å². The van der Waals surface area contributed by atoms with Gasteiger partial charge in [0, 0.05) is 25.2 Å². The number of rotatable bonds is 3. The van der Waals surface area contributed by atoms with E-state index in [1.165, 1.54) is 11.3 Å². The smallest absolute Gasteiger partial charge is 0.265 e. The fraction of sp³-hybridized carbons (Fsp3) is 0.375. The number of thiazole rings is 1. The molecule has 0 bridgehead atoms. The lowest BCUT2D eigenvalue weighted by Gasteiger charge is -2.23. The molecule has 0 radical (unpaired) electrons. The Kier molecular flexibility index (Phi) is 7.48. The molecular weight excluding hydrogens is 353 g/mol. The van der Waals surface area contributed by atoms with Crippen molar-refractivity contribution in [2.45, 2.75) is 19.4 Å². The van der Waals surface area contributed by atoms with Gasteiger partial charge in [0.15, 0.2) is 0 Å². The first kappa shape index (κ1) is 19.9. The summed E-state index contributed by atoms with van der Waals surface area (Å²) in [7, 11) is 1.89. The molecule has 7 heteroatoms. The van der Waals surface area contributed by atoms with Crippen LogP contribution in [0.2, 0.25) is 0 Å². The molecule has 1 aromatic carbocycles. The topological polar surface area (TPSA) is 45.2 Å².